The van der Waals surface area contributed by atoms with Crippen LogP contribution >= 0.6 is 11.6 Å². The minimum Gasteiger partial charge on any atom is -0.478 e. The van der Waals surface area contributed by atoms with Crippen LogP contribution in [0.4, 0.5) is 0 Å². The van der Waals surface area contributed by atoms with Gasteiger partial charge in [-0.1, -0.05) is 29.8 Å². The van der Waals surface area contributed by atoms with Gasteiger partial charge in [-0.2, -0.15) is 5.26 Å². The van der Waals surface area contributed by atoms with E-state index >= 15 is 0 Å². The molecule has 1 N–H and O–H groups in total. The third-order valence-electron chi connectivity index (χ3n) is 2.60. The molecule has 0 aromatic heterocycles. The minimum absolute atomic E-state index is 0.329. The lowest BCUT2D eigenvalue weighted by atomic mass is 10.2. The number of nitrogens with zero attached hydrogens (tertiary/aromatic N) is 1. The maximum absolute atomic E-state index is 10.5. The number of para-hydroxylation sites is 1. The number of benzene rings is 2. The predicted octanol–water partition coefficient (Wildman–Crippen LogP) is 4.10. The van der Waals surface area contributed by atoms with Crippen molar-refractivity contribution in [2.45, 2.75) is 0 Å². The maximum atomic E-state index is 10.5. The fraction of sp³-hybridized carbons (Fsp3) is 0. The second-order valence-electron chi connectivity index (χ2n) is 4.07. The van der Waals surface area contributed by atoms with Crippen LogP contribution in [0.15, 0.2) is 48.5 Å². The first-order valence-electron chi connectivity index (χ1n) is 5.97. The Bertz CT molecular complexity index is 747. The SMILES string of the molecule is N#Cc1ccccc1Oc1ccc(/C=C/C(=O)O)cc1Cl. The smallest absolute Gasteiger partial charge is 0.328 e. The Morgan fingerprint density at radius 3 is 2.67 bits per heavy atom. The van der Waals surface area contributed by atoms with E-state index in [1.54, 1.807) is 42.5 Å². The third kappa shape index (κ3) is 3.85. The molecule has 0 radical (unpaired) electrons. The summed E-state index contributed by atoms with van der Waals surface area (Å²) in [4.78, 5) is 10.5. The first kappa shape index (κ1) is 14.6. The van der Waals surface area contributed by atoms with Crippen LogP contribution < -0.4 is 4.74 Å². The summed E-state index contributed by atoms with van der Waals surface area (Å²) in [6.45, 7) is 0. The number of rotatable bonds is 4. The monoisotopic (exact) mass is 299 g/mol. The lowest BCUT2D eigenvalue weighted by molar-refractivity contribution is -0.131. The van der Waals surface area contributed by atoms with Crippen molar-refractivity contribution in [3.05, 3.63) is 64.7 Å². The normalized spacial score (nSPS) is 10.3. The summed E-state index contributed by atoms with van der Waals surface area (Å²) in [5, 5.41) is 17.9. The molecule has 4 nitrogen and oxygen atoms in total. The van der Waals surface area contributed by atoms with Crippen molar-refractivity contribution in [2.75, 3.05) is 0 Å². The summed E-state index contributed by atoms with van der Waals surface area (Å²) in [5.41, 5.74) is 1.05. The summed E-state index contributed by atoms with van der Waals surface area (Å²) in [5.74, 6) is -0.225. The number of hydrogen-bond donors (Lipinski definition) is 1. The number of ether oxygens (including phenoxy) is 1. The Labute approximate surface area is 126 Å². The summed E-state index contributed by atoms with van der Waals surface area (Å²) < 4.78 is 5.62. The number of carboxylic acid groups (broad SMARTS) is 1. The van der Waals surface area contributed by atoms with Crippen molar-refractivity contribution < 1.29 is 14.6 Å². The average molecular weight is 300 g/mol. The molecular weight excluding hydrogens is 290 g/mol. The van der Waals surface area contributed by atoms with E-state index in [4.69, 9.17) is 26.7 Å². The van der Waals surface area contributed by atoms with Gasteiger partial charge >= 0.3 is 5.97 Å². The quantitative estimate of drug-likeness (QED) is 0.863. The zero-order valence-electron chi connectivity index (χ0n) is 10.8. The molecule has 0 saturated heterocycles. The first-order chi connectivity index (χ1) is 10.1. The molecule has 21 heavy (non-hydrogen) atoms. The van der Waals surface area contributed by atoms with E-state index in [0.29, 0.717) is 27.6 Å². The molecule has 0 amide bonds. The van der Waals surface area contributed by atoms with E-state index in [0.717, 1.165) is 6.08 Å². The molecule has 0 aliphatic carbocycles. The summed E-state index contributed by atoms with van der Waals surface area (Å²) in [6.07, 6.45) is 2.46. The highest BCUT2D eigenvalue weighted by atomic mass is 35.5. The number of hydrogen-bond acceptors (Lipinski definition) is 3. The van der Waals surface area contributed by atoms with Crippen LogP contribution in [-0.4, -0.2) is 11.1 Å². The second-order valence-corrected chi connectivity index (χ2v) is 4.48. The van der Waals surface area contributed by atoms with Gasteiger partial charge in [-0.05, 0) is 35.9 Å². The molecule has 0 heterocycles. The molecule has 2 aromatic rings. The Kier molecular flexibility index (Phi) is 4.60. The molecular formula is C16H10ClNO3. The number of nitriles is 1. The van der Waals surface area contributed by atoms with Crippen LogP contribution in [0.2, 0.25) is 5.02 Å². The van der Waals surface area contributed by atoms with Crippen LogP contribution in [0, 0.1) is 11.3 Å². The summed E-state index contributed by atoms with van der Waals surface area (Å²) >= 11 is 6.10. The van der Waals surface area contributed by atoms with Gasteiger partial charge in [0.2, 0.25) is 0 Å². The van der Waals surface area contributed by atoms with Crippen LogP contribution in [0.1, 0.15) is 11.1 Å². The fourth-order valence-electron chi connectivity index (χ4n) is 1.64. The van der Waals surface area contributed by atoms with Gasteiger partial charge in [0.05, 0.1) is 10.6 Å². The van der Waals surface area contributed by atoms with Gasteiger partial charge in [0.15, 0.2) is 0 Å². The van der Waals surface area contributed by atoms with Crippen molar-refractivity contribution in [1.29, 1.82) is 5.26 Å². The van der Waals surface area contributed by atoms with E-state index in [2.05, 4.69) is 0 Å². The number of aliphatic carboxylic acids is 1. The van der Waals surface area contributed by atoms with Gasteiger partial charge in [0, 0.05) is 6.08 Å². The summed E-state index contributed by atoms with van der Waals surface area (Å²) in [7, 11) is 0. The minimum atomic E-state index is -1.03. The Hall–Kier alpha value is -2.77. The van der Waals surface area contributed by atoms with E-state index in [1.165, 1.54) is 6.08 Å². The molecule has 0 spiro atoms. The molecule has 104 valence electrons. The van der Waals surface area contributed by atoms with Gasteiger partial charge < -0.3 is 9.84 Å². The lowest BCUT2D eigenvalue weighted by Crippen LogP contribution is -1.89. The highest BCUT2D eigenvalue weighted by molar-refractivity contribution is 6.32. The Morgan fingerprint density at radius 1 is 1.24 bits per heavy atom. The third-order valence-corrected chi connectivity index (χ3v) is 2.90. The summed E-state index contributed by atoms with van der Waals surface area (Å²) in [6, 6.07) is 13.7. The van der Waals surface area contributed by atoms with E-state index in [1.807, 2.05) is 6.07 Å². The zero-order chi connectivity index (χ0) is 15.2. The second kappa shape index (κ2) is 6.60. The molecule has 0 aliphatic rings. The molecule has 0 atom stereocenters. The first-order valence-corrected chi connectivity index (χ1v) is 6.35. The Morgan fingerprint density at radius 2 is 2.00 bits per heavy atom. The average Bonchev–Trinajstić information content (AvgIpc) is 2.48. The van der Waals surface area contributed by atoms with Crippen molar-refractivity contribution in [1.82, 2.24) is 0 Å². The molecule has 0 fully saturated rings. The molecule has 0 aliphatic heterocycles. The predicted molar refractivity (Wildman–Crippen MR) is 79.4 cm³/mol. The van der Waals surface area contributed by atoms with Gasteiger partial charge in [0.1, 0.15) is 17.6 Å². The molecule has 0 bridgehead atoms. The van der Waals surface area contributed by atoms with Crippen LogP contribution in [0.3, 0.4) is 0 Å². The Balaban J connectivity index is 2.26. The molecule has 2 aromatic carbocycles. The van der Waals surface area contributed by atoms with Crippen molar-refractivity contribution >= 4 is 23.6 Å². The fourth-order valence-corrected chi connectivity index (χ4v) is 1.87. The van der Waals surface area contributed by atoms with Crippen molar-refractivity contribution in [3.63, 3.8) is 0 Å². The molecule has 5 heteroatoms. The largest absolute Gasteiger partial charge is 0.478 e. The highest BCUT2D eigenvalue weighted by Gasteiger charge is 2.07. The van der Waals surface area contributed by atoms with Crippen LogP contribution in [0.25, 0.3) is 6.08 Å². The van der Waals surface area contributed by atoms with E-state index < -0.39 is 5.97 Å². The zero-order valence-corrected chi connectivity index (χ0v) is 11.5. The van der Waals surface area contributed by atoms with E-state index in [9.17, 15) is 4.79 Å². The molecule has 0 unspecified atom stereocenters. The number of carboxylic acids is 1. The topological polar surface area (TPSA) is 70.3 Å². The highest BCUT2D eigenvalue weighted by Crippen LogP contribution is 2.31. The van der Waals surface area contributed by atoms with Crippen molar-refractivity contribution in [3.8, 4) is 17.6 Å². The maximum Gasteiger partial charge on any atom is 0.328 e. The number of halogens is 1. The molecule has 0 saturated carbocycles. The van der Waals surface area contributed by atoms with Gasteiger partial charge in [-0.3, -0.25) is 0 Å². The van der Waals surface area contributed by atoms with Gasteiger partial charge in [-0.25, -0.2) is 4.79 Å². The van der Waals surface area contributed by atoms with Crippen molar-refractivity contribution in [2.24, 2.45) is 0 Å². The van der Waals surface area contributed by atoms with Crippen LogP contribution in [-0.2, 0) is 4.79 Å². The van der Waals surface area contributed by atoms with E-state index in [-0.39, 0.29) is 0 Å². The number of carbonyl (C=O) groups is 1. The van der Waals surface area contributed by atoms with Gasteiger partial charge in [0.25, 0.3) is 0 Å². The lowest BCUT2D eigenvalue weighted by Gasteiger charge is -2.09. The standard InChI is InChI=1S/C16H10ClNO3/c17-13-9-11(6-8-16(19)20)5-7-15(13)21-14-4-2-1-3-12(14)10-18/h1-9H,(H,19,20)/b8-6+. The molecule has 2 rings (SSSR count). The van der Waals surface area contributed by atoms with Crippen LogP contribution in [0.5, 0.6) is 11.5 Å². The van der Waals surface area contributed by atoms with Gasteiger partial charge in [-0.15, -0.1) is 0 Å².